The third-order valence-corrected chi connectivity index (χ3v) is 6.72. The van der Waals surface area contributed by atoms with Crippen LogP contribution in [0.1, 0.15) is 47.2 Å². The van der Waals surface area contributed by atoms with Crippen LogP contribution in [0.15, 0.2) is 42.2 Å². The van der Waals surface area contributed by atoms with Crippen molar-refractivity contribution in [2.24, 2.45) is 5.92 Å². The van der Waals surface area contributed by atoms with Crippen molar-refractivity contribution in [2.75, 3.05) is 5.32 Å². The number of allylic oxidation sites excluding steroid dienone is 1. The number of quaternary nitrogens is 1. The number of anilines is 1. The topological polar surface area (TPSA) is 135 Å². The van der Waals surface area contributed by atoms with E-state index in [-0.39, 0.29) is 33.2 Å². The molecule has 12 heteroatoms. The molecule has 2 aromatic rings. The Morgan fingerprint density at radius 1 is 1.32 bits per heavy atom. The molecular weight excluding hydrogens is 509 g/mol. The van der Waals surface area contributed by atoms with Gasteiger partial charge in [0.2, 0.25) is 11.5 Å². The molecule has 37 heavy (non-hydrogen) atoms. The molecule has 1 heterocycles. The third-order valence-electron chi connectivity index (χ3n) is 6.40. The zero-order valence-electron chi connectivity index (χ0n) is 19.7. The Bertz CT molecular complexity index is 1360. The number of aryl methyl sites for hydroxylation is 1. The summed E-state index contributed by atoms with van der Waals surface area (Å²) < 4.78 is 39.4. The van der Waals surface area contributed by atoms with Gasteiger partial charge in [-0.1, -0.05) is 11.6 Å². The van der Waals surface area contributed by atoms with Crippen LogP contribution in [0.5, 0.6) is 0 Å². The molecule has 2 aliphatic rings. The fourth-order valence-electron chi connectivity index (χ4n) is 4.14. The first kappa shape index (κ1) is 26.3. The molecule has 4 rings (SSSR count). The molecule has 5 N–H and O–H groups in total. The SMILES string of the molecule is Cc1cc(C#N)cc(C(=O)NC2(C3CC3)CC2)c1NC(=O)/C(=C/C(=N)C(F)(F)F)[NH2+]c1ncccc1Cl. The normalized spacial score (nSPS) is 16.5. The van der Waals surface area contributed by atoms with E-state index in [1.54, 1.807) is 6.92 Å². The number of carbonyl (C=O) groups is 2. The molecule has 192 valence electrons. The van der Waals surface area contributed by atoms with Crippen LogP contribution in [0.25, 0.3) is 0 Å². The van der Waals surface area contributed by atoms with Gasteiger partial charge in [-0.3, -0.25) is 20.3 Å². The molecule has 1 aromatic heterocycles. The van der Waals surface area contributed by atoms with Crippen molar-refractivity contribution in [1.82, 2.24) is 10.3 Å². The number of aromatic nitrogens is 1. The van der Waals surface area contributed by atoms with Crippen molar-refractivity contribution in [2.45, 2.75) is 44.3 Å². The van der Waals surface area contributed by atoms with E-state index < -0.39 is 29.4 Å². The molecule has 2 fully saturated rings. The zero-order chi connectivity index (χ0) is 27.0. The average Bonchev–Trinajstić information content (AvgIpc) is 3.75. The number of halogens is 4. The van der Waals surface area contributed by atoms with Gasteiger partial charge in [-0.15, -0.1) is 0 Å². The van der Waals surface area contributed by atoms with E-state index in [0.29, 0.717) is 17.6 Å². The lowest BCUT2D eigenvalue weighted by molar-refractivity contribution is -0.514. The zero-order valence-corrected chi connectivity index (χ0v) is 20.4. The summed E-state index contributed by atoms with van der Waals surface area (Å²) in [6, 6.07) is 7.73. The fourth-order valence-corrected chi connectivity index (χ4v) is 4.32. The Morgan fingerprint density at radius 3 is 2.59 bits per heavy atom. The van der Waals surface area contributed by atoms with Crippen molar-refractivity contribution >= 4 is 40.6 Å². The summed E-state index contributed by atoms with van der Waals surface area (Å²) in [5, 5.41) is 23.4. The molecule has 0 unspecified atom stereocenters. The maximum atomic E-state index is 13.3. The lowest BCUT2D eigenvalue weighted by Crippen LogP contribution is -2.78. The minimum atomic E-state index is -5.00. The number of hydrogen-bond acceptors (Lipinski definition) is 5. The summed E-state index contributed by atoms with van der Waals surface area (Å²) in [6.07, 6.45) is 0.444. The second-order valence-electron chi connectivity index (χ2n) is 9.19. The Morgan fingerprint density at radius 2 is 2.03 bits per heavy atom. The maximum absolute atomic E-state index is 13.3. The molecule has 2 saturated carbocycles. The lowest BCUT2D eigenvalue weighted by atomic mass is 10.0. The summed E-state index contributed by atoms with van der Waals surface area (Å²) in [4.78, 5) is 30.5. The average molecular weight is 532 g/mol. The Balaban J connectivity index is 1.68. The molecule has 0 radical (unpaired) electrons. The van der Waals surface area contributed by atoms with Gasteiger partial charge in [0.25, 0.3) is 5.91 Å². The van der Waals surface area contributed by atoms with Gasteiger partial charge >= 0.3 is 12.1 Å². The monoisotopic (exact) mass is 531 g/mol. The molecule has 0 aliphatic heterocycles. The van der Waals surface area contributed by atoms with E-state index >= 15 is 0 Å². The molecule has 2 aliphatic carbocycles. The number of pyridine rings is 1. The van der Waals surface area contributed by atoms with Gasteiger partial charge in [0.05, 0.1) is 22.9 Å². The first-order valence-corrected chi connectivity index (χ1v) is 11.8. The highest BCUT2D eigenvalue weighted by molar-refractivity contribution is 6.32. The number of nitrogens with one attached hydrogen (secondary N) is 3. The van der Waals surface area contributed by atoms with Crippen LogP contribution in [-0.2, 0) is 4.79 Å². The first-order valence-electron chi connectivity index (χ1n) is 11.4. The van der Waals surface area contributed by atoms with Gasteiger partial charge in [0, 0.05) is 17.8 Å². The molecule has 8 nitrogen and oxygen atoms in total. The summed E-state index contributed by atoms with van der Waals surface area (Å²) in [5.41, 5.74) is -1.94. The number of amides is 2. The number of nitriles is 1. The second kappa shape index (κ2) is 9.95. The Labute approximate surface area is 215 Å². The quantitative estimate of drug-likeness (QED) is 0.303. The molecule has 2 amide bonds. The fraction of sp³-hybridized carbons (Fsp3) is 0.320. The summed E-state index contributed by atoms with van der Waals surface area (Å²) in [6.45, 7) is 1.57. The van der Waals surface area contributed by atoms with Crippen LogP contribution >= 0.6 is 11.6 Å². The standard InChI is InChI=1S/C25H22ClF3N6O2/c1-13-9-14(12-30)10-16(22(36)35-24(6-7-24)15-4-5-15)20(13)34-23(37)18(11-19(31)25(27,28)29)33-21-17(26)3-2-8-32-21/h2-3,8-11,15,31H,4-7H2,1H3,(H,32,33)(H,34,37)(H,35,36)/p+1/b18-11-,31-19?. The van der Waals surface area contributed by atoms with Crippen LogP contribution < -0.4 is 16.0 Å². The number of hydrogen-bond donors (Lipinski definition) is 4. The first-order chi connectivity index (χ1) is 17.4. The van der Waals surface area contributed by atoms with Gasteiger partial charge in [0.15, 0.2) is 0 Å². The van der Waals surface area contributed by atoms with Gasteiger partial charge in [0.1, 0.15) is 10.7 Å². The van der Waals surface area contributed by atoms with Gasteiger partial charge in [-0.05, 0) is 68.4 Å². The lowest BCUT2D eigenvalue weighted by Gasteiger charge is -2.20. The minimum Gasteiger partial charge on any atom is -0.346 e. The summed E-state index contributed by atoms with van der Waals surface area (Å²) in [5.74, 6) is -1.07. The molecule has 0 saturated heterocycles. The largest absolute Gasteiger partial charge is 0.432 e. The molecule has 0 spiro atoms. The highest BCUT2D eigenvalue weighted by Crippen LogP contribution is 2.53. The Hall–Kier alpha value is -3.75. The van der Waals surface area contributed by atoms with Gasteiger partial charge in [-0.2, -0.15) is 18.4 Å². The molecular formula is C25H23ClF3N6O2+. The second-order valence-corrected chi connectivity index (χ2v) is 9.60. The van der Waals surface area contributed by atoms with Crippen LogP contribution in [-0.4, -0.2) is 34.2 Å². The number of rotatable bonds is 8. The van der Waals surface area contributed by atoms with E-state index in [4.69, 9.17) is 17.0 Å². The van der Waals surface area contributed by atoms with Crippen LogP contribution in [0.3, 0.4) is 0 Å². The van der Waals surface area contributed by atoms with Crippen molar-refractivity contribution in [1.29, 1.82) is 10.7 Å². The van der Waals surface area contributed by atoms with Crippen LogP contribution in [0.4, 0.5) is 24.7 Å². The number of carbonyl (C=O) groups excluding carboxylic acids is 2. The summed E-state index contributed by atoms with van der Waals surface area (Å²) >= 11 is 6.07. The summed E-state index contributed by atoms with van der Waals surface area (Å²) in [7, 11) is 0. The highest BCUT2D eigenvalue weighted by Gasteiger charge is 2.55. The van der Waals surface area contributed by atoms with Crippen LogP contribution in [0, 0.1) is 29.6 Å². The number of benzene rings is 1. The highest BCUT2D eigenvalue weighted by atomic mass is 35.5. The number of nitrogens with zero attached hydrogens (tertiary/aromatic N) is 2. The predicted octanol–water partition coefficient (Wildman–Crippen LogP) is 3.89. The minimum absolute atomic E-state index is 0.0233. The van der Waals surface area contributed by atoms with Crippen LogP contribution in [0.2, 0.25) is 5.02 Å². The third kappa shape index (κ3) is 5.98. The van der Waals surface area contributed by atoms with E-state index in [1.807, 2.05) is 6.07 Å². The Kier molecular flexibility index (Phi) is 7.08. The van der Waals surface area contributed by atoms with Crippen molar-refractivity contribution in [3.05, 3.63) is 63.9 Å². The molecule has 0 bridgehead atoms. The smallest absolute Gasteiger partial charge is 0.346 e. The van der Waals surface area contributed by atoms with Gasteiger partial charge in [-0.25, -0.2) is 4.98 Å². The van der Waals surface area contributed by atoms with E-state index in [9.17, 15) is 28.0 Å². The number of nitrogens with two attached hydrogens (primary N) is 1. The number of alkyl halides is 3. The predicted molar refractivity (Wildman–Crippen MR) is 129 cm³/mol. The van der Waals surface area contributed by atoms with E-state index in [2.05, 4.69) is 15.6 Å². The van der Waals surface area contributed by atoms with E-state index in [1.165, 1.54) is 30.5 Å². The molecule has 1 aromatic carbocycles. The van der Waals surface area contributed by atoms with Crippen molar-refractivity contribution in [3.63, 3.8) is 0 Å². The van der Waals surface area contributed by atoms with Crippen molar-refractivity contribution < 1.29 is 28.1 Å². The van der Waals surface area contributed by atoms with E-state index in [0.717, 1.165) is 31.0 Å². The van der Waals surface area contributed by atoms with Crippen molar-refractivity contribution in [3.8, 4) is 6.07 Å². The molecule has 0 atom stereocenters. The maximum Gasteiger partial charge on any atom is 0.432 e. The van der Waals surface area contributed by atoms with Gasteiger partial charge < -0.3 is 10.6 Å².